The molecule has 2 saturated heterocycles. The number of hydrogen-bond acceptors (Lipinski definition) is 4. The third-order valence-electron chi connectivity index (χ3n) is 5.79. The van der Waals surface area contributed by atoms with Crippen LogP contribution in [0.15, 0.2) is 84.9 Å². The van der Waals surface area contributed by atoms with Crippen LogP contribution in [0.4, 0.5) is 0 Å². The van der Waals surface area contributed by atoms with Crippen LogP contribution in [-0.4, -0.2) is 32.7 Å². The van der Waals surface area contributed by atoms with Gasteiger partial charge in [-0.05, 0) is 28.8 Å². The van der Waals surface area contributed by atoms with Crippen LogP contribution in [-0.2, 0) is 19.8 Å². The summed E-state index contributed by atoms with van der Waals surface area (Å²) >= 11 is 0. The first-order valence-corrected chi connectivity index (χ1v) is 9.98. The molecule has 3 aromatic rings. The molecule has 0 spiro atoms. The molecule has 2 aliphatic rings. The van der Waals surface area contributed by atoms with Gasteiger partial charge in [0.25, 0.3) is 0 Å². The lowest BCUT2D eigenvalue weighted by molar-refractivity contribution is -0.0401. The molecule has 0 unspecified atom stereocenters. The van der Waals surface area contributed by atoms with Crippen molar-refractivity contribution < 1.29 is 18.9 Å². The highest BCUT2D eigenvalue weighted by atomic mass is 16.8. The van der Waals surface area contributed by atoms with Gasteiger partial charge in [-0.15, -0.1) is 0 Å². The fourth-order valence-corrected chi connectivity index (χ4v) is 4.19. The summed E-state index contributed by atoms with van der Waals surface area (Å²) in [5.74, 6) is 1.06. The molecular weight excluding hydrogens is 364 g/mol. The molecule has 3 atom stereocenters. The highest BCUT2D eigenvalue weighted by Crippen LogP contribution is 2.44. The standard InChI is InChI=1S/C25H24O4/c1-26-22-14-12-21(13-15-22)25(19-8-4-2-5-9-19,20-10-6-3-7-11-20)28-17-18-16-27-24-23(18)29-24/h2-15,18,23-24H,16-17H2,1H3/t18-,23-,24-/m1/s1. The number of methoxy groups -OCH3 is 1. The van der Waals surface area contributed by atoms with Gasteiger partial charge in [-0.25, -0.2) is 0 Å². The number of epoxide rings is 1. The Kier molecular flexibility index (Phi) is 4.84. The summed E-state index contributed by atoms with van der Waals surface area (Å²) in [7, 11) is 1.68. The minimum atomic E-state index is -0.734. The zero-order valence-electron chi connectivity index (χ0n) is 16.4. The summed E-state index contributed by atoms with van der Waals surface area (Å²) in [6.07, 6.45) is 0.127. The number of benzene rings is 3. The van der Waals surface area contributed by atoms with E-state index in [2.05, 4.69) is 60.7 Å². The summed E-state index contributed by atoms with van der Waals surface area (Å²) in [4.78, 5) is 0. The fraction of sp³-hybridized carbons (Fsp3) is 0.280. The minimum Gasteiger partial charge on any atom is -0.497 e. The van der Waals surface area contributed by atoms with E-state index in [4.69, 9.17) is 18.9 Å². The number of ether oxygens (including phenoxy) is 4. The van der Waals surface area contributed by atoms with Crippen molar-refractivity contribution >= 4 is 0 Å². The highest BCUT2D eigenvalue weighted by molar-refractivity contribution is 5.48. The molecule has 3 aromatic carbocycles. The van der Waals surface area contributed by atoms with E-state index in [1.54, 1.807) is 7.11 Å². The predicted octanol–water partition coefficient (Wildman–Crippen LogP) is 4.38. The smallest absolute Gasteiger partial charge is 0.184 e. The van der Waals surface area contributed by atoms with E-state index in [9.17, 15) is 0 Å². The van der Waals surface area contributed by atoms with E-state index < -0.39 is 5.60 Å². The number of fused-ring (bicyclic) bond motifs is 1. The van der Waals surface area contributed by atoms with E-state index in [-0.39, 0.29) is 18.3 Å². The number of rotatable bonds is 7. The van der Waals surface area contributed by atoms with Crippen molar-refractivity contribution in [2.75, 3.05) is 20.3 Å². The lowest BCUT2D eigenvalue weighted by Crippen LogP contribution is -2.35. The Balaban J connectivity index is 1.62. The summed E-state index contributed by atoms with van der Waals surface area (Å²) in [5.41, 5.74) is 2.50. The Morgan fingerprint density at radius 2 is 1.41 bits per heavy atom. The van der Waals surface area contributed by atoms with Crippen LogP contribution < -0.4 is 4.74 Å². The zero-order chi connectivity index (χ0) is 19.7. The summed E-state index contributed by atoms with van der Waals surface area (Å²) in [6.45, 7) is 1.23. The molecular formula is C25H24O4. The van der Waals surface area contributed by atoms with Gasteiger partial charge in [0.05, 0.1) is 20.3 Å². The van der Waals surface area contributed by atoms with Crippen LogP contribution in [0.2, 0.25) is 0 Å². The van der Waals surface area contributed by atoms with Gasteiger partial charge in [-0.2, -0.15) is 0 Å². The molecule has 0 saturated carbocycles. The molecule has 4 nitrogen and oxygen atoms in total. The molecule has 0 aromatic heterocycles. The van der Waals surface area contributed by atoms with Gasteiger partial charge in [-0.3, -0.25) is 0 Å². The van der Waals surface area contributed by atoms with Crippen LogP contribution >= 0.6 is 0 Å². The van der Waals surface area contributed by atoms with E-state index in [1.165, 1.54) is 0 Å². The Labute approximate surface area is 171 Å². The van der Waals surface area contributed by atoms with Crippen molar-refractivity contribution in [3.63, 3.8) is 0 Å². The van der Waals surface area contributed by atoms with Gasteiger partial charge < -0.3 is 18.9 Å². The van der Waals surface area contributed by atoms with Gasteiger partial charge in [0.2, 0.25) is 0 Å². The van der Waals surface area contributed by atoms with Gasteiger partial charge in [0, 0.05) is 5.92 Å². The van der Waals surface area contributed by atoms with Gasteiger partial charge in [0.15, 0.2) is 6.29 Å². The topological polar surface area (TPSA) is 40.2 Å². The second-order valence-electron chi connectivity index (χ2n) is 7.52. The monoisotopic (exact) mass is 388 g/mol. The Morgan fingerprint density at radius 3 is 1.90 bits per heavy atom. The summed E-state index contributed by atoms with van der Waals surface area (Å²) in [6, 6.07) is 28.9. The number of hydrogen-bond donors (Lipinski definition) is 0. The third kappa shape index (κ3) is 3.33. The van der Waals surface area contributed by atoms with Crippen molar-refractivity contribution in [2.45, 2.75) is 18.0 Å². The average molecular weight is 388 g/mol. The summed E-state index contributed by atoms with van der Waals surface area (Å²) < 4.78 is 23.4. The van der Waals surface area contributed by atoms with E-state index >= 15 is 0 Å². The molecule has 2 heterocycles. The van der Waals surface area contributed by atoms with Crippen LogP contribution in [0.25, 0.3) is 0 Å². The first-order valence-electron chi connectivity index (χ1n) is 9.98. The van der Waals surface area contributed by atoms with Crippen molar-refractivity contribution in [3.8, 4) is 5.75 Å². The average Bonchev–Trinajstić information content (AvgIpc) is 3.48. The van der Waals surface area contributed by atoms with E-state index in [0.717, 1.165) is 22.4 Å². The van der Waals surface area contributed by atoms with E-state index in [0.29, 0.717) is 13.2 Å². The van der Waals surface area contributed by atoms with Gasteiger partial charge in [0.1, 0.15) is 17.5 Å². The second kappa shape index (κ2) is 7.64. The molecule has 0 bridgehead atoms. The Hall–Kier alpha value is -2.66. The molecule has 0 radical (unpaired) electrons. The minimum absolute atomic E-state index is 0.0348. The molecule has 0 N–H and O–H groups in total. The maximum absolute atomic E-state index is 6.84. The normalized spacial score (nSPS) is 22.9. The molecule has 2 aliphatic heterocycles. The van der Waals surface area contributed by atoms with Crippen LogP contribution in [0.1, 0.15) is 16.7 Å². The SMILES string of the molecule is COc1ccc(C(OC[C@H]2CO[C@@H]3O[C@H]23)(c2ccccc2)c2ccccc2)cc1. The molecule has 29 heavy (non-hydrogen) atoms. The Morgan fingerprint density at radius 1 is 0.828 bits per heavy atom. The fourth-order valence-electron chi connectivity index (χ4n) is 4.19. The lowest BCUT2D eigenvalue weighted by atomic mass is 9.80. The molecule has 4 heteroatoms. The zero-order valence-corrected chi connectivity index (χ0v) is 16.4. The first-order chi connectivity index (χ1) is 14.3. The highest BCUT2D eigenvalue weighted by Gasteiger charge is 2.53. The van der Waals surface area contributed by atoms with Crippen LogP contribution in [0.5, 0.6) is 5.75 Å². The maximum Gasteiger partial charge on any atom is 0.184 e. The molecule has 0 amide bonds. The molecule has 0 aliphatic carbocycles. The predicted molar refractivity (Wildman–Crippen MR) is 110 cm³/mol. The summed E-state index contributed by atoms with van der Waals surface area (Å²) in [5, 5.41) is 0. The third-order valence-corrected chi connectivity index (χ3v) is 5.79. The Bertz CT molecular complexity index is 900. The molecule has 2 fully saturated rings. The van der Waals surface area contributed by atoms with Crippen molar-refractivity contribution in [1.82, 2.24) is 0 Å². The molecule has 148 valence electrons. The quantitative estimate of drug-likeness (QED) is 0.445. The van der Waals surface area contributed by atoms with Crippen molar-refractivity contribution in [1.29, 1.82) is 0 Å². The van der Waals surface area contributed by atoms with Crippen molar-refractivity contribution in [3.05, 3.63) is 102 Å². The van der Waals surface area contributed by atoms with Crippen LogP contribution in [0.3, 0.4) is 0 Å². The van der Waals surface area contributed by atoms with E-state index in [1.807, 2.05) is 24.3 Å². The lowest BCUT2D eigenvalue weighted by Gasteiger charge is -2.36. The maximum atomic E-state index is 6.84. The van der Waals surface area contributed by atoms with Crippen LogP contribution in [0, 0.1) is 5.92 Å². The van der Waals surface area contributed by atoms with Crippen molar-refractivity contribution in [2.24, 2.45) is 5.92 Å². The second-order valence-corrected chi connectivity index (χ2v) is 7.52. The largest absolute Gasteiger partial charge is 0.497 e. The molecule has 5 rings (SSSR count). The van der Waals surface area contributed by atoms with Gasteiger partial charge >= 0.3 is 0 Å². The first kappa shape index (κ1) is 18.4. The van der Waals surface area contributed by atoms with Gasteiger partial charge in [-0.1, -0.05) is 72.8 Å².